The molecule has 0 aromatic heterocycles. The zero-order valence-electron chi connectivity index (χ0n) is 10.8. The Morgan fingerprint density at radius 2 is 1.89 bits per heavy atom. The number of carbonyl (C=O) groups is 1. The molecule has 1 heterocycles. The van der Waals surface area contributed by atoms with Gasteiger partial charge in [-0.15, -0.1) is 0 Å². The molecule has 2 N–H and O–H groups in total. The van der Waals surface area contributed by atoms with Gasteiger partial charge in [-0.2, -0.15) is 0 Å². The van der Waals surface area contributed by atoms with Crippen LogP contribution in [0.4, 0.5) is 11.4 Å². The number of methoxy groups -OCH3 is 1. The van der Waals surface area contributed by atoms with Crippen LogP contribution in [0.25, 0.3) is 0 Å². The minimum Gasteiger partial charge on any atom is -0.465 e. The van der Waals surface area contributed by atoms with Gasteiger partial charge in [0.2, 0.25) is 0 Å². The number of ether oxygens (including phenoxy) is 1. The Bertz CT molecular complexity index is 424. The average molecular weight is 248 g/mol. The largest absolute Gasteiger partial charge is 0.465 e. The molecule has 2 rings (SSSR count). The van der Waals surface area contributed by atoms with E-state index in [9.17, 15) is 4.79 Å². The van der Waals surface area contributed by atoms with Crippen molar-refractivity contribution in [3.05, 3.63) is 23.8 Å². The molecule has 1 aromatic carbocycles. The molecule has 1 aromatic rings. The van der Waals surface area contributed by atoms with E-state index in [1.165, 1.54) is 32.8 Å². The van der Waals surface area contributed by atoms with Crippen molar-refractivity contribution in [2.45, 2.75) is 25.7 Å². The highest BCUT2D eigenvalue weighted by Gasteiger charge is 2.14. The maximum Gasteiger partial charge on any atom is 0.337 e. The zero-order chi connectivity index (χ0) is 13.0. The van der Waals surface area contributed by atoms with Crippen LogP contribution in [0.3, 0.4) is 0 Å². The molecule has 4 heteroatoms. The van der Waals surface area contributed by atoms with Crippen molar-refractivity contribution >= 4 is 17.3 Å². The number of anilines is 2. The third-order valence-corrected chi connectivity index (χ3v) is 3.40. The van der Waals surface area contributed by atoms with E-state index in [0.29, 0.717) is 11.3 Å². The van der Waals surface area contributed by atoms with Crippen molar-refractivity contribution in [2.24, 2.45) is 0 Å². The molecule has 1 aliphatic heterocycles. The quantitative estimate of drug-likeness (QED) is 0.645. The summed E-state index contributed by atoms with van der Waals surface area (Å²) in [6.45, 7) is 2.09. The molecular weight excluding hydrogens is 228 g/mol. The lowest BCUT2D eigenvalue weighted by atomic mass is 10.1. The van der Waals surface area contributed by atoms with Crippen LogP contribution in [0.1, 0.15) is 36.0 Å². The molecule has 98 valence electrons. The van der Waals surface area contributed by atoms with Crippen LogP contribution in [0.15, 0.2) is 18.2 Å². The third-order valence-electron chi connectivity index (χ3n) is 3.40. The highest BCUT2D eigenvalue weighted by molar-refractivity contribution is 5.91. The summed E-state index contributed by atoms with van der Waals surface area (Å²) in [6.07, 6.45) is 4.99. The van der Waals surface area contributed by atoms with E-state index >= 15 is 0 Å². The Morgan fingerprint density at radius 3 is 2.44 bits per heavy atom. The molecule has 0 radical (unpaired) electrons. The van der Waals surface area contributed by atoms with Gasteiger partial charge in [0.15, 0.2) is 0 Å². The summed E-state index contributed by atoms with van der Waals surface area (Å²) in [5.41, 5.74) is 8.24. The molecule has 0 amide bonds. The lowest BCUT2D eigenvalue weighted by Gasteiger charge is -2.24. The molecule has 0 bridgehead atoms. The Balaban J connectivity index is 2.20. The summed E-state index contributed by atoms with van der Waals surface area (Å²) in [6, 6.07) is 5.40. The molecule has 0 aliphatic carbocycles. The second-order valence-corrected chi connectivity index (χ2v) is 4.67. The van der Waals surface area contributed by atoms with Gasteiger partial charge >= 0.3 is 5.97 Å². The Morgan fingerprint density at radius 1 is 1.22 bits per heavy atom. The summed E-state index contributed by atoms with van der Waals surface area (Å²) < 4.78 is 4.69. The fraction of sp³-hybridized carbons (Fsp3) is 0.500. The normalized spacial score (nSPS) is 16.2. The molecule has 0 spiro atoms. The molecule has 0 saturated carbocycles. The van der Waals surface area contributed by atoms with Crippen LogP contribution in [0.2, 0.25) is 0 Å². The van der Waals surface area contributed by atoms with Crippen LogP contribution in [0, 0.1) is 0 Å². The van der Waals surface area contributed by atoms with E-state index in [0.717, 1.165) is 18.8 Å². The van der Waals surface area contributed by atoms with E-state index in [2.05, 4.69) is 9.64 Å². The monoisotopic (exact) mass is 248 g/mol. The summed E-state index contributed by atoms with van der Waals surface area (Å²) in [5, 5.41) is 0. The van der Waals surface area contributed by atoms with E-state index in [-0.39, 0.29) is 5.97 Å². The van der Waals surface area contributed by atoms with E-state index in [1.807, 2.05) is 6.07 Å². The maximum atomic E-state index is 11.4. The van der Waals surface area contributed by atoms with Crippen LogP contribution in [-0.2, 0) is 4.74 Å². The van der Waals surface area contributed by atoms with Gasteiger partial charge < -0.3 is 15.4 Å². The second-order valence-electron chi connectivity index (χ2n) is 4.67. The number of hydrogen-bond acceptors (Lipinski definition) is 4. The minimum atomic E-state index is -0.343. The third kappa shape index (κ3) is 2.75. The van der Waals surface area contributed by atoms with Gasteiger partial charge in [0.1, 0.15) is 0 Å². The Hall–Kier alpha value is -1.71. The standard InChI is InChI=1S/C14H20N2O2/c1-18-14(17)11-6-7-13(12(15)10-11)16-8-4-2-3-5-9-16/h6-7,10H,2-5,8-9,15H2,1H3. The highest BCUT2D eigenvalue weighted by atomic mass is 16.5. The molecule has 0 unspecified atom stereocenters. The average Bonchev–Trinajstić information content (AvgIpc) is 2.66. The fourth-order valence-corrected chi connectivity index (χ4v) is 2.40. The molecule has 1 saturated heterocycles. The van der Waals surface area contributed by atoms with Crippen LogP contribution < -0.4 is 10.6 Å². The van der Waals surface area contributed by atoms with Crippen LogP contribution in [-0.4, -0.2) is 26.2 Å². The summed E-state index contributed by atoms with van der Waals surface area (Å²) in [5.74, 6) is -0.343. The summed E-state index contributed by atoms with van der Waals surface area (Å²) in [7, 11) is 1.38. The summed E-state index contributed by atoms with van der Waals surface area (Å²) >= 11 is 0. The van der Waals surface area contributed by atoms with Crippen molar-refractivity contribution in [2.75, 3.05) is 30.8 Å². The Kier molecular flexibility index (Phi) is 4.07. The number of carbonyl (C=O) groups excluding carboxylic acids is 1. The first-order chi connectivity index (χ1) is 8.72. The minimum absolute atomic E-state index is 0.343. The van der Waals surface area contributed by atoms with Crippen LogP contribution >= 0.6 is 0 Å². The molecule has 0 atom stereocenters. The summed E-state index contributed by atoms with van der Waals surface area (Å²) in [4.78, 5) is 13.7. The first-order valence-corrected chi connectivity index (χ1v) is 6.45. The zero-order valence-corrected chi connectivity index (χ0v) is 10.8. The number of esters is 1. The number of benzene rings is 1. The first-order valence-electron chi connectivity index (χ1n) is 6.45. The van der Waals surface area contributed by atoms with Gasteiger partial charge in [0, 0.05) is 13.1 Å². The highest BCUT2D eigenvalue weighted by Crippen LogP contribution is 2.27. The van der Waals surface area contributed by atoms with Crippen LogP contribution in [0.5, 0.6) is 0 Å². The second kappa shape index (κ2) is 5.76. The van der Waals surface area contributed by atoms with Gasteiger partial charge in [0.05, 0.1) is 24.0 Å². The predicted octanol–water partition coefficient (Wildman–Crippen LogP) is 2.44. The van der Waals surface area contributed by atoms with Gasteiger partial charge in [0.25, 0.3) is 0 Å². The van der Waals surface area contributed by atoms with Gasteiger partial charge in [-0.25, -0.2) is 4.79 Å². The number of nitrogens with two attached hydrogens (primary N) is 1. The molecule has 4 nitrogen and oxygen atoms in total. The van der Waals surface area contributed by atoms with Gasteiger partial charge in [-0.1, -0.05) is 12.8 Å². The first kappa shape index (κ1) is 12.7. The van der Waals surface area contributed by atoms with Gasteiger partial charge in [-0.05, 0) is 31.0 Å². The lowest BCUT2D eigenvalue weighted by molar-refractivity contribution is 0.0601. The lowest BCUT2D eigenvalue weighted by Crippen LogP contribution is -2.25. The topological polar surface area (TPSA) is 55.6 Å². The predicted molar refractivity (Wildman–Crippen MR) is 72.9 cm³/mol. The smallest absolute Gasteiger partial charge is 0.337 e. The molecule has 1 fully saturated rings. The Labute approximate surface area is 108 Å². The number of hydrogen-bond donors (Lipinski definition) is 1. The molecular formula is C14H20N2O2. The van der Waals surface area contributed by atoms with Crippen molar-refractivity contribution in [3.63, 3.8) is 0 Å². The number of nitrogen functional groups attached to an aromatic ring is 1. The van der Waals surface area contributed by atoms with Crippen molar-refractivity contribution < 1.29 is 9.53 Å². The maximum absolute atomic E-state index is 11.4. The molecule has 1 aliphatic rings. The van der Waals surface area contributed by atoms with E-state index in [1.54, 1.807) is 12.1 Å². The van der Waals surface area contributed by atoms with Crippen molar-refractivity contribution in [1.29, 1.82) is 0 Å². The van der Waals surface area contributed by atoms with Gasteiger partial charge in [-0.3, -0.25) is 0 Å². The molecule has 18 heavy (non-hydrogen) atoms. The van der Waals surface area contributed by atoms with E-state index < -0.39 is 0 Å². The van der Waals surface area contributed by atoms with Crippen molar-refractivity contribution in [1.82, 2.24) is 0 Å². The van der Waals surface area contributed by atoms with E-state index in [4.69, 9.17) is 5.73 Å². The SMILES string of the molecule is COC(=O)c1ccc(N2CCCCCC2)c(N)c1. The van der Waals surface area contributed by atoms with Crippen molar-refractivity contribution in [3.8, 4) is 0 Å². The number of rotatable bonds is 2. The fourth-order valence-electron chi connectivity index (χ4n) is 2.40. The number of nitrogens with zero attached hydrogens (tertiary/aromatic N) is 1.